The SMILES string of the molecule is C=C(F)C(=O)N1[C@H](C)CN(c2c(C#N)c(OCC3CCCN3C)nc3c2CCN(c2cccc(F)c2C(F)(F)F)C3)C[C@@H]1C. The predicted octanol–water partition coefficient (Wildman–Crippen LogP) is 5.06. The van der Waals surface area contributed by atoms with Crippen LogP contribution in [0.4, 0.5) is 33.3 Å². The van der Waals surface area contributed by atoms with E-state index in [1.165, 1.54) is 21.9 Å². The second kappa shape index (κ2) is 12.2. The van der Waals surface area contributed by atoms with Crippen molar-refractivity contribution in [1.82, 2.24) is 14.8 Å². The number of pyridine rings is 1. The van der Waals surface area contributed by atoms with Crippen molar-refractivity contribution in [2.75, 3.05) is 49.6 Å². The number of likely N-dealkylation sites (tertiary alicyclic amines) is 1. The summed E-state index contributed by atoms with van der Waals surface area (Å²) >= 11 is 0. The molecular weight excluding hydrogens is 583 g/mol. The second-order valence-corrected chi connectivity index (χ2v) is 11.8. The summed E-state index contributed by atoms with van der Waals surface area (Å²) in [7, 11) is 1.99. The van der Waals surface area contributed by atoms with Gasteiger partial charge in [0.05, 0.1) is 23.6 Å². The molecule has 3 aliphatic rings. The highest BCUT2D eigenvalue weighted by atomic mass is 19.4. The lowest BCUT2D eigenvalue weighted by Gasteiger charge is -2.46. The number of aromatic nitrogens is 1. The second-order valence-electron chi connectivity index (χ2n) is 11.8. The van der Waals surface area contributed by atoms with Gasteiger partial charge in [-0.05, 0) is 58.8 Å². The van der Waals surface area contributed by atoms with Crippen molar-refractivity contribution in [2.24, 2.45) is 0 Å². The molecule has 1 unspecified atom stereocenters. The van der Waals surface area contributed by atoms with Crippen molar-refractivity contribution < 1.29 is 31.5 Å². The van der Waals surface area contributed by atoms with Gasteiger partial charge in [0, 0.05) is 43.3 Å². The fourth-order valence-electron chi connectivity index (χ4n) is 6.76. The first kappa shape index (κ1) is 31.5. The number of fused-ring (bicyclic) bond motifs is 1. The summed E-state index contributed by atoms with van der Waals surface area (Å²) < 4.78 is 76.2. The third-order valence-electron chi connectivity index (χ3n) is 8.81. The molecule has 0 aliphatic carbocycles. The number of anilines is 2. The summed E-state index contributed by atoms with van der Waals surface area (Å²) in [4.78, 5) is 24.2. The summed E-state index contributed by atoms with van der Waals surface area (Å²) in [5.74, 6) is -3.13. The molecule has 0 saturated carbocycles. The number of nitriles is 1. The molecule has 1 amide bonds. The molecule has 8 nitrogen and oxygen atoms in total. The third-order valence-corrected chi connectivity index (χ3v) is 8.81. The van der Waals surface area contributed by atoms with Crippen LogP contribution in [-0.4, -0.2) is 78.7 Å². The number of carbonyl (C=O) groups is 1. The summed E-state index contributed by atoms with van der Waals surface area (Å²) in [6, 6.07) is 4.77. The molecule has 4 heterocycles. The molecule has 0 bridgehead atoms. The normalized spacial score (nSPS) is 22.5. The Bertz CT molecular complexity index is 1480. The summed E-state index contributed by atoms with van der Waals surface area (Å²) in [5, 5.41) is 10.4. The highest BCUT2D eigenvalue weighted by molar-refractivity contribution is 5.91. The maximum Gasteiger partial charge on any atom is 0.421 e. The average molecular weight is 619 g/mol. The van der Waals surface area contributed by atoms with E-state index in [9.17, 15) is 32.0 Å². The first-order valence-corrected chi connectivity index (χ1v) is 14.6. The maximum absolute atomic E-state index is 14.5. The van der Waals surface area contributed by atoms with E-state index in [1.807, 2.05) is 11.9 Å². The summed E-state index contributed by atoms with van der Waals surface area (Å²) in [5.41, 5.74) is 0.235. The molecule has 0 radical (unpaired) electrons. The fourth-order valence-corrected chi connectivity index (χ4v) is 6.76. The topological polar surface area (TPSA) is 75.9 Å². The van der Waals surface area contributed by atoms with E-state index in [2.05, 4.69) is 22.5 Å². The molecule has 5 rings (SSSR count). The van der Waals surface area contributed by atoms with Crippen LogP contribution in [-0.2, 0) is 23.9 Å². The van der Waals surface area contributed by atoms with Gasteiger partial charge in [-0.2, -0.15) is 18.4 Å². The molecule has 44 heavy (non-hydrogen) atoms. The molecule has 236 valence electrons. The van der Waals surface area contributed by atoms with E-state index >= 15 is 0 Å². The number of nitrogens with zero attached hydrogens (tertiary/aromatic N) is 6. The summed E-state index contributed by atoms with van der Waals surface area (Å²) in [6.07, 6.45) is -2.75. The van der Waals surface area contributed by atoms with Gasteiger partial charge in [0.1, 0.15) is 29.6 Å². The van der Waals surface area contributed by atoms with Crippen LogP contribution in [0.1, 0.15) is 49.1 Å². The van der Waals surface area contributed by atoms with Gasteiger partial charge in [-0.3, -0.25) is 4.79 Å². The largest absolute Gasteiger partial charge is 0.475 e. The van der Waals surface area contributed by atoms with Crippen molar-refractivity contribution in [2.45, 2.75) is 64.0 Å². The Balaban J connectivity index is 1.56. The van der Waals surface area contributed by atoms with Crippen LogP contribution in [0.15, 0.2) is 30.6 Å². The average Bonchev–Trinajstić information content (AvgIpc) is 3.37. The molecule has 0 N–H and O–H groups in total. The molecular formula is C31H35F5N6O2. The number of rotatable bonds is 6. The fraction of sp³-hybridized carbons (Fsp3) is 0.516. The Kier molecular flexibility index (Phi) is 8.75. The minimum atomic E-state index is -4.90. The van der Waals surface area contributed by atoms with Gasteiger partial charge in [0.25, 0.3) is 5.91 Å². The lowest BCUT2D eigenvalue weighted by Crippen LogP contribution is -2.59. The van der Waals surface area contributed by atoms with E-state index in [4.69, 9.17) is 4.74 Å². The first-order valence-electron chi connectivity index (χ1n) is 14.6. The Morgan fingerprint density at radius 2 is 1.89 bits per heavy atom. The maximum atomic E-state index is 14.5. The highest BCUT2D eigenvalue weighted by Gasteiger charge is 2.41. The molecule has 1 aromatic heterocycles. The van der Waals surface area contributed by atoms with E-state index in [0.717, 1.165) is 25.5 Å². The molecule has 3 aliphatic heterocycles. The molecule has 2 aromatic rings. The lowest BCUT2D eigenvalue weighted by molar-refractivity contribution is -0.139. The van der Waals surface area contributed by atoms with Crippen LogP contribution in [0, 0.1) is 17.1 Å². The standard InChI is InChI=1S/C31H35F5N6O2/c1-18-14-41(15-19(2)42(18)30(43)20(3)32)28-22-10-12-40(26-9-5-8-24(33)27(26)31(34,35)36)16-25(22)38-29(23(28)13-37)44-17-21-7-6-11-39(21)4/h5,8-9,18-19,21H,3,6-7,10-12,14-17H2,1-2,4H3/t18-,19+,21?. The van der Waals surface area contributed by atoms with Crippen LogP contribution >= 0.6 is 0 Å². The zero-order chi connectivity index (χ0) is 31.9. The molecule has 13 heteroatoms. The number of benzene rings is 1. The molecule has 3 atom stereocenters. The Morgan fingerprint density at radius 1 is 1.18 bits per heavy atom. The number of amides is 1. The van der Waals surface area contributed by atoms with Crippen LogP contribution < -0.4 is 14.5 Å². The quantitative estimate of drug-likeness (QED) is 0.331. The number of likely N-dealkylation sites (N-methyl/N-ethyl adjacent to an activating group) is 1. The van der Waals surface area contributed by atoms with Crippen molar-refractivity contribution in [1.29, 1.82) is 5.26 Å². The highest BCUT2D eigenvalue weighted by Crippen LogP contribution is 2.42. The molecule has 2 fully saturated rings. The number of halogens is 5. The smallest absolute Gasteiger partial charge is 0.421 e. The number of hydrogen-bond acceptors (Lipinski definition) is 7. The van der Waals surface area contributed by atoms with E-state index in [1.54, 1.807) is 13.8 Å². The van der Waals surface area contributed by atoms with Crippen LogP contribution in [0.3, 0.4) is 0 Å². The zero-order valence-corrected chi connectivity index (χ0v) is 24.9. The Hall–Kier alpha value is -3.92. The van der Waals surface area contributed by atoms with Gasteiger partial charge < -0.3 is 24.3 Å². The number of carbonyl (C=O) groups excluding carboxylic acids is 1. The monoisotopic (exact) mass is 618 g/mol. The minimum absolute atomic E-state index is 0.0640. The number of ether oxygens (including phenoxy) is 1. The minimum Gasteiger partial charge on any atom is -0.475 e. The van der Waals surface area contributed by atoms with Gasteiger partial charge in [-0.25, -0.2) is 13.8 Å². The Morgan fingerprint density at radius 3 is 2.48 bits per heavy atom. The van der Waals surface area contributed by atoms with Crippen molar-refractivity contribution in [3.8, 4) is 11.9 Å². The van der Waals surface area contributed by atoms with Crippen molar-refractivity contribution in [3.05, 3.63) is 58.8 Å². The van der Waals surface area contributed by atoms with Crippen LogP contribution in [0.2, 0.25) is 0 Å². The zero-order valence-electron chi connectivity index (χ0n) is 24.9. The first-order chi connectivity index (χ1) is 20.8. The molecule has 0 spiro atoms. The third kappa shape index (κ3) is 5.92. The van der Waals surface area contributed by atoms with Gasteiger partial charge in [0.2, 0.25) is 5.88 Å². The number of hydrogen-bond donors (Lipinski definition) is 0. The Labute approximate surface area is 253 Å². The van der Waals surface area contributed by atoms with Gasteiger partial charge >= 0.3 is 6.18 Å². The lowest BCUT2D eigenvalue weighted by atomic mass is 9.96. The van der Waals surface area contributed by atoms with Gasteiger partial charge in [-0.15, -0.1) is 0 Å². The number of alkyl halides is 3. The van der Waals surface area contributed by atoms with E-state index in [0.29, 0.717) is 16.9 Å². The van der Waals surface area contributed by atoms with Crippen LogP contribution in [0.5, 0.6) is 5.88 Å². The van der Waals surface area contributed by atoms with Crippen molar-refractivity contribution >= 4 is 17.3 Å². The van der Waals surface area contributed by atoms with Crippen LogP contribution in [0.25, 0.3) is 0 Å². The summed E-state index contributed by atoms with van der Waals surface area (Å²) in [6.45, 7) is 8.49. The van der Waals surface area contributed by atoms with Gasteiger partial charge in [0.15, 0.2) is 5.83 Å². The molecule has 2 saturated heterocycles. The van der Waals surface area contributed by atoms with E-state index in [-0.39, 0.29) is 62.4 Å². The van der Waals surface area contributed by atoms with E-state index < -0.39 is 41.4 Å². The number of piperazine rings is 1. The van der Waals surface area contributed by atoms with Crippen molar-refractivity contribution in [3.63, 3.8) is 0 Å². The predicted molar refractivity (Wildman–Crippen MR) is 154 cm³/mol. The molecule has 1 aromatic carbocycles. The van der Waals surface area contributed by atoms with Gasteiger partial charge in [-0.1, -0.05) is 12.6 Å².